The lowest BCUT2D eigenvalue weighted by molar-refractivity contribution is -0.136. The smallest absolute Gasteiger partial charge is 0.261 e. The summed E-state index contributed by atoms with van der Waals surface area (Å²) in [7, 11) is 0. The van der Waals surface area contributed by atoms with Gasteiger partial charge in [0, 0.05) is 11.6 Å². The van der Waals surface area contributed by atoms with Crippen molar-refractivity contribution in [2.45, 2.75) is 54.1 Å². The number of amides is 1. The van der Waals surface area contributed by atoms with Gasteiger partial charge >= 0.3 is 0 Å². The van der Waals surface area contributed by atoms with E-state index in [9.17, 15) is 4.79 Å². The third kappa shape index (κ3) is 5.06. The first-order chi connectivity index (χ1) is 14.2. The van der Waals surface area contributed by atoms with Crippen molar-refractivity contribution in [2.75, 3.05) is 6.61 Å². The van der Waals surface area contributed by atoms with Crippen molar-refractivity contribution in [1.82, 2.24) is 15.0 Å². The Labute approximate surface area is 177 Å². The maximum atomic E-state index is 12.9. The number of carbonyl (C=O) groups is 1. The van der Waals surface area contributed by atoms with Gasteiger partial charge < -0.3 is 14.2 Å². The number of benzene rings is 2. The van der Waals surface area contributed by atoms with Gasteiger partial charge in [0.15, 0.2) is 6.61 Å². The summed E-state index contributed by atoms with van der Waals surface area (Å²) in [5.74, 6) is 1.53. The average molecular weight is 408 g/mol. The molecule has 0 unspecified atom stereocenters. The number of hydrogen-bond donors (Lipinski definition) is 0. The van der Waals surface area contributed by atoms with Crippen LogP contribution >= 0.6 is 0 Å². The molecule has 0 N–H and O–H groups in total. The Morgan fingerprint density at radius 2 is 1.87 bits per heavy atom. The number of aromatic nitrogens is 2. The minimum Gasteiger partial charge on any atom is -0.483 e. The SMILES string of the molecule is Cc1cccc(-c2noc(CN(C(=O)COc3cc(C)cc(C)c3C)C(C)C)n2)c1. The van der Waals surface area contributed by atoms with Gasteiger partial charge in [-0.2, -0.15) is 4.98 Å². The van der Waals surface area contributed by atoms with Crippen molar-refractivity contribution in [3.63, 3.8) is 0 Å². The molecule has 0 aliphatic carbocycles. The molecule has 6 nitrogen and oxygen atoms in total. The monoisotopic (exact) mass is 407 g/mol. The molecular formula is C24H29N3O3. The lowest BCUT2D eigenvalue weighted by Gasteiger charge is -2.25. The van der Waals surface area contributed by atoms with Crippen LogP contribution in [0.5, 0.6) is 5.75 Å². The normalized spacial score (nSPS) is 11.0. The second-order valence-corrected chi connectivity index (χ2v) is 7.99. The molecule has 0 fully saturated rings. The Balaban J connectivity index is 1.70. The van der Waals surface area contributed by atoms with E-state index in [4.69, 9.17) is 9.26 Å². The van der Waals surface area contributed by atoms with E-state index in [0.717, 1.165) is 33.6 Å². The summed E-state index contributed by atoms with van der Waals surface area (Å²) in [5.41, 5.74) is 5.31. The summed E-state index contributed by atoms with van der Waals surface area (Å²) in [6.07, 6.45) is 0. The molecule has 0 aliphatic rings. The van der Waals surface area contributed by atoms with Gasteiger partial charge in [-0.3, -0.25) is 4.79 Å². The van der Waals surface area contributed by atoms with Crippen LogP contribution in [0.1, 0.15) is 42.0 Å². The number of ether oxygens (including phenoxy) is 1. The fraction of sp³-hybridized carbons (Fsp3) is 0.375. The van der Waals surface area contributed by atoms with E-state index in [2.05, 4.69) is 16.2 Å². The van der Waals surface area contributed by atoms with Crippen molar-refractivity contribution in [3.8, 4) is 17.1 Å². The number of carbonyl (C=O) groups excluding carboxylic acids is 1. The van der Waals surface area contributed by atoms with Crippen molar-refractivity contribution >= 4 is 5.91 Å². The first-order valence-electron chi connectivity index (χ1n) is 10.1. The highest BCUT2D eigenvalue weighted by Crippen LogP contribution is 2.23. The average Bonchev–Trinajstić information content (AvgIpc) is 3.16. The summed E-state index contributed by atoms with van der Waals surface area (Å²) in [6.45, 7) is 12.2. The van der Waals surface area contributed by atoms with Crippen LogP contribution in [0, 0.1) is 27.7 Å². The van der Waals surface area contributed by atoms with E-state index in [0.29, 0.717) is 11.7 Å². The number of hydrogen-bond acceptors (Lipinski definition) is 5. The minimum atomic E-state index is -0.126. The van der Waals surface area contributed by atoms with Crippen LogP contribution in [0.3, 0.4) is 0 Å². The van der Waals surface area contributed by atoms with Crippen LogP contribution in [0.25, 0.3) is 11.4 Å². The first kappa shape index (κ1) is 21.6. The molecule has 30 heavy (non-hydrogen) atoms. The van der Waals surface area contributed by atoms with Gasteiger partial charge in [0.1, 0.15) is 12.3 Å². The zero-order chi connectivity index (χ0) is 21.8. The quantitative estimate of drug-likeness (QED) is 0.563. The molecule has 0 aliphatic heterocycles. The van der Waals surface area contributed by atoms with Crippen LogP contribution in [-0.4, -0.2) is 33.6 Å². The van der Waals surface area contributed by atoms with Gasteiger partial charge in [-0.25, -0.2) is 0 Å². The van der Waals surface area contributed by atoms with Gasteiger partial charge in [-0.1, -0.05) is 35.0 Å². The molecule has 6 heteroatoms. The third-order valence-corrected chi connectivity index (χ3v) is 5.11. The zero-order valence-corrected chi connectivity index (χ0v) is 18.5. The standard InChI is InChI=1S/C24H29N3O3/c1-15(2)27(23(28)14-29-21-12-17(4)10-18(5)19(21)6)13-22-25-24(26-30-22)20-9-7-8-16(3)11-20/h7-12,15H,13-14H2,1-6H3. The molecule has 2 aromatic carbocycles. The maximum absolute atomic E-state index is 12.9. The zero-order valence-electron chi connectivity index (χ0n) is 18.5. The van der Waals surface area contributed by atoms with Crippen LogP contribution in [0.15, 0.2) is 40.9 Å². The largest absolute Gasteiger partial charge is 0.483 e. The molecule has 0 radical (unpaired) electrons. The van der Waals surface area contributed by atoms with Crippen molar-refractivity contribution in [2.24, 2.45) is 0 Å². The van der Waals surface area contributed by atoms with Crippen LogP contribution in [0.4, 0.5) is 0 Å². The molecule has 0 atom stereocenters. The lowest BCUT2D eigenvalue weighted by Crippen LogP contribution is -2.39. The molecule has 0 saturated heterocycles. The van der Waals surface area contributed by atoms with E-state index < -0.39 is 0 Å². The van der Waals surface area contributed by atoms with Gasteiger partial charge in [-0.05, 0) is 70.4 Å². The van der Waals surface area contributed by atoms with E-state index in [-0.39, 0.29) is 25.1 Å². The molecule has 0 spiro atoms. The fourth-order valence-electron chi connectivity index (χ4n) is 3.30. The summed E-state index contributed by atoms with van der Waals surface area (Å²) < 4.78 is 11.3. The van der Waals surface area contributed by atoms with Gasteiger partial charge in [-0.15, -0.1) is 0 Å². The molecule has 1 amide bonds. The molecular weight excluding hydrogens is 378 g/mol. The van der Waals surface area contributed by atoms with Crippen LogP contribution < -0.4 is 4.74 Å². The molecule has 0 saturated carbocycles. The van der Waals surface area contributed by atoms with Gasteiger partial charge in [0.2, 0.25) is 11.7 Å². The van der Waals surface area contributed by atoms with E-state index in [1.165, 1.54) is 0 Å². The highest BCUT2D eigenvalue weighted by molar-refractivity contribution is 5.78. The second-order valence-electron chi connectivity index (χ2n) is 7.99. The van der Waals surface area contributed by atoms with Crippen molar-refractivity contribution in [1.29, 1.82) is 0 Å². The Bertz CT molecular complexity index is 1040. The van der Waals surface area contributed by atoms with Gasteiger partial charge in [0.25, 0.3) is 5.91 Å². The van der Waals surface area contributed by atoms with E-state index in [1.54, 1.807) is 4.90 Å². The van der Waals surface area contributed by atoms with Crippen LogP contribution in [-0.2, 0) is 11.3 Å². The number of aryl methyl sites for hydroxylation is 3. The predicted molar refractivity (Wildman–Crippen MR) is 116 cm³/mol. The lowest BCUT2D eigenvalue weighted by atomic mass is 10.1. The molecule has 3 aromatic rings. The Kier molecular flexibility index (Phi) is 6.55. The third-order valence-electron chi connectivity index (χ3n) is 5.11. The van der Waals surface area contributed by atoms with E-state index in [1.807, 2.05) is 71.9 Å². The number of rotatable bonds is 7. The highest BCUT2D eigenvalue weighted by atomic mass is 16.5. The van der Waals surface area contributed by atoms with E-state index >= 15 is 0 Å². The fourth-order valence-corrected chi connectivity index (χ4v) is 3.30. The molecule has 1 heterocycles. The summed E-state index contributed by atoms with van der Waals surface area (Å²) in [6, 6.07) is 11.9. The topological polar surface area (TPSA) is 68.5 Å². The summed E-state index contributed by atoms with van der Waals surface area (Å²) >= 11 is 0. The molecule has 158 valence electrons. The number of nitrogens with zero attached hydrogens (tertiary/aromatic N) is 3. The Morgan fingerprint density at radius 1 is 1.10 bits per heavy atom. The summed E-state index contributed by atoms with van der Waals surface area (Å²) in [4.78, 5) is 19.0. The minimum absolute atomic E-state index is 0.0317. The molecule has 1 aromatic heterocycles. The predicted octanol–water partition coefficient (Wildman–Crippen LogP) is 4.79. The molecule has 3 rings (SSSR count). The maximum Gasteiger partial charge on any atom is 0.261 e. The highest BCUT2D eigenvalue weighted by Gasteiger charge is 2.22. The van der Waals surface area contributed by atoms with Crippen molar-refractivity contribution in [3.05, 3.63) is 64.5 Å². The summed E-state index contributed by atoms with van der Waals surface area (Å²) in [5, 5.41) is 4.07. The molecule has 0 bridgehead atoms. The Morgan fingerprint density at radius 3 is 2.57 bits per heavy atom. The first-order valence-corrected chi connectivity index (χ1v) is 10.1. The van der Waals surface area contributed by atoms with Gasteiger partial charge in [0.05, 0.1) is 0 Å². The second kappa shape index (κ2) is 9.11. The van der Waals surface area contributed by atoms with Crippen LogP contribution in [0.2, 0.25) is 0 Å². The Hall–Kier alpha value is -3.15. The van der Waals surface area contributed by atoms with Crippen molar-refractivity contribution < 1.29 is 14.1 Å².